The van der Waals surface area contributed by atoms with Crippen LogP contribution in [0.3, 0.4) is 0 Å². The van der Waals surface area contributed by atoms with Crippen LogP contribution in [-0.2, 0) is 0 Å². The van der Waals surface area contributed by atoms with Gasteiger partial charge in [0.05, 0.1) is 25.9 Å². The van der Waals surface area contributed by atoms with Gasteiger partial charge in [-0.05, 0) is 36.6 Å². The molecule has 0 saturated heterocycles. The smallest absolute Gasteiger partial charge is 0.167 e. The molecule has 158 valence electrons. The Morgan fingerprint density at radius 1 is 1.07 bits per heavy atom. The molecule has 2 aromatic carbocycles. The number of methoxy groups -OCH3 is 1. The number of Topliss-reactive ketones (excluding diaryl/α,β-unsaturated/α-hetero) is 1. The number of ketones is 1. The van der Waals surface area contributed by atoms with E-state index in [0.717, 1.165) is 11.5 Å². The SMILES string of the molecule is COc1cccc(OC[C@H](C)COc2ccc(C(=O)CC(C)(C)C)c(O)c2C)c1. The van der Waals surface area contributed by atoms with Gasteiger partial charge in [0.25, 0.3) is 0 Å². The van der Waals surface area contributed by atoms with Crippen LogP contribution in [0.5, 0.6) is 23.0 Å². The maximum absolute atomic E-state index is 12.5. The molecule has 0 unspecified atom stereocenters. The first-order valence-corrected chi connectivity index (χ1v) is 9.86. The summed E-state index contributed by atoms with van der Waals surface area (Å²) in [5.74, 6) is 2.13. The van der Waals surface area contributed by atoms with Gasteiger partial charge < -0.3 is 19.3 Å². The number of aromatic hydroxyl groups is 1. The fraction of sp³-hybridized carbons (Fsp3) is 0.458. The second kappa shape index (κ2) is 9.68. The van der Waals surface area contributed by atoms with E-state index in [1.807, 2.05) is 52.0 Å². The summed E-state index contributed by atoms with van der Waals surface area (Å²) >= 11 is 0. The summed E-state index contributed by atoms with van der Waals surface area (Å²) in [5, 5.41) is 10.5. The lowest BCUT2D eigenvalue weighted by Crippen LogP contribution is -2.17. The molecule has 1 N–H and O–H groups in total. The maximum Gasteiger partial charge on any atom is 0.167 e. The molecule has 5 nitrogen and oxygen atoms in total. The van der Waals surface area contributed by atoms with Crippen molar-refractivity contribution in [1.29, 1.82) is 0 Å². The monoisotopic (exact) mass is 400 g/mol. The van der Waals surface area contributed by atoms with Crippen LogP contribution in [0.15, 0.2) is 36.4 Å². The van der Waals surface area contributed by atoms with Gasteiger partial charge in [-0.2, -0.15) is 0 Å². The first kappa shape index (κ1) is 22.6. The van der Waals surface area contributed by atoms with E-state index in [9.17, 15) is 9.90 Å². The Hall–Kier alpha value is -2.69. The first-order valence-electron chi connectivity index (χ1n) is 9.86. The Morgan fingerprint density at radius 3 is 2.38 bits per heavy atom. The summed E-state index contributed by atoms with van der Waals surface area (Å²) in [4.78, 5) is 12.5. The van der Waals surface area contributed by atoms with Crippen LogP contribution >= 0.6 is 0 Å². The molecule has 0 amide bonds. The van der Waals surface area contributed by atoms with Crippen molar-refractivity contribution in [1.82, 2.24) is 0 Å². The van der Waals surface area contributed by atoms with Gasteiger partial charge in [-0.3, -0.25) is 4.79 Å². The van der Waals surface area contributed by atoms with Crippen molar-refractivity contribution in [2.75, 3.05) is 20.3 Å². The Bertz CT molecular complexity index is 836. The van der Waals surface area contributed by atoms with Crippen LogP contribution in [0.2, 0.25) is 0 Å². The highest BCUT2D eigenvalue weighted by Gasteiger charge is 2.21. The molecular weight excluding hydrogens is 368 g/mol. The molecular formula is C24H32O5. The molecule has 0 bridgehead atoms. The molecule has 29 heavy (non-hydrogen) atoms. The first-order chi connectivity index (χ1) is 13.6. The summed E-state index contributed by atoms with van der Waals surface area (Å²) < 4.78 is 16.9. The summed E-state index contributed by atoms with van der Waals surface area (Å²) in [7, 11) is 1.62. The molecule has 2 aromatic rings. The lowest BCUT2D eigenvalue weighted by atomic mass is 9.87. The van der Waals surface area contributed by atoms with Gasteiger partial charge >= 0.3 is 0 Å². The second-order valence-electron chi connectivity index (χ2n) is 8.65. The van der Waals surface area contributed by atoms with Gasteiger partial charge in [0, 0.05) is 24.0 Å². The van der Waals surface area contributed by atoms with Gasteiger partial charge in [-0.25, -0.2) is 0 Å². The van der Waals surface area contributed by atoms with Crippen molar-refractivity contribution in [3.05, 3.63) is 47.5 Å². The largest absolute Gasteiger partial charge is 0.507 e. The van der Waals surface area contributed by atoms with E-state index >= 15 is 0 Å². The van der Waals surface area contributed by atoms with E-state index in [4.69, 9.17) is 14.2 Å². The van der Waals surface area contributed by atoms with Crippen molar-refractivity contribution < 1.29 is 24.1 Å². The van der Waals surface area contributed by atoms with Gasteiger partial charge in [0.2, 0.25) is 0 Å². The maximum atomic E-state index is 12.5. The molecule has 0 saturated carbocycles. The predicted octanol–water partition coefficient (Wildman–Crippen LogP) is 5.42. The lowest BCUT2D eigenvalue weighted by Gasteiger charge is -2.19. The standard InChI is InChI=1S/C24H32O5/c1-16(14-28-19-9-7-8-18(12-19)27-6)15-29-22-11-10-20(23(26)17(22)2)21(25)13-24(3,4)5/h7-12,16,26H,13-15H2,1-6H3/t16-/m0/s1. The minimum atomic E-state index is -0.134. The van der Waals surface area contributed by atoms with Crippen LogP contribution in [0.25, 0.3) is 0 Å². The third-order valence-corrected chi connectivity index (χ3v) is 4.47. The molecule has 0 aliphatic carbocycles. The number of carbonyl (C=O) groups excluding carboxylic acids is 1. The molecule has 0 aromatic heterocycles. The van der Waals surface area contributed by atoms with Crippen molar-refractivity contribution in [3.8, 4) is 23.0 Å². The van der Waals surface area contributed by atoms with Crippen LogP contribution in [0.4, 0.5) is 0 Å². The minimum Gasteiger partial charge on any atom is -0.507 e. The van der Waals surface area contributed by atoms with E-state index in [-0.39, 0.29) is 22.9 Å². The summed E-state index contributed by atoms with van der Waals surface area (Å²) in [5.41, 5.74) is 0.787. The Kier molecular flexibility index (Phi) is 7.54. The number of ether oxygens (including phenoxy) is 3. The Balaban J connectivity index is 1.94. The highest BCUT2D eigenvalue weighted by Crippen LogP contribution is 2.33. The third kappa shape index (κ3) is 6.70. The van der Waals surface area contributed by atoms with E-state index in [1.165, 1.54) is 0 Å². The summed E-state index contributed by atoms with van der Waals surface area (Å²) in [6, 6.07) is 10.9. The van der Waals surface area contributed by atoms with Crippen LogP contribution in [-0.4, -0.2) is 31.2 Å². The van der Waals surface area contributed by atoms with E-state index < -0.39 is 0 Å². The number of hydrogen-bond donors (Lipinski definition) is 1. The van der Waals surface area contributed by atoms with Crippen LogP contribution in [0, 0.1) is 18.3 Å². The zero-order valence-corrected chi connectivity index (χ0v) is 18.2. The number of benzene rings is 2. The van der Waals surface area contributed by atoms with E-state index in [1.54, 1.807) is 26.2 Å². The molecule has 0 aliphatic rings. The zero-order chi connectivity index (χ0) is 21.6. The molecule has 0 aliphatic heterocycles. The quantitative estimate of drug-likeness (QED) is 0.569. The number of hydrogen-bond acceptors (Lipinski definition) is 5. The predicted molar refractivity (Wildman–Crippen MR) is 114 cm³/mol. The average molecular weight is 401 g/mol. The Morgan fingerprint density at radius 2 is 1.72 bits per heavy atom. The number of rotatable bonds is 9. The highest BCUT2D eigenvalue weighted by atomic mass is 16.5. The average Bonchev–Trinajstić information content (AvgIpc) is 2.66. The molecule has 5 heteroatoms. The normalized spacial score (nSPS) is 12.3. The summed E-state index contributed by atoms with van der Waals surface area (Å²) in [6.07, 6.45) is 0.374. The molecule has 0 radical (unpaired) electrons. The zero-order valence-electron chi connectivity index (χ0n) is 18.2. The third-order valence-electron chi connectivity index (χ3n) is 4.47. The Labute approximate surface area is 173 Å². The molecule has 1 atom stereocenters. The van der Waals surface area contributed by atoms with Crippen molar-refractivity contribution in [2.45, 2.75) is 41.0 Å². The number of carbonyl (C=O) groups is 1. The number of phenolic OH excluding ortho intramolecular Hbond substituents is 1. The van der Waals surface area contributed by atoms with Crippen molar-refractivity contribution in [3.63, 3.8) is 0 Å². The minimum absolute atomic E-state index is 0.00275. The molecule has 0 fully saturated rings. The highest BCUT2D eigenvalue weighted by molar-refractivity contribution is 5.99. The van der Waals surface area contributed by atoms with Crippen LogP contribution in [0.1, 0.15) is 50.0 Å². The molecule has 0 spiro atoms. The fourth-order valence-electron chi connectivity index (χ4n) is 2.85. The summed E-state index contributed by atoms with van der Waals surface area (Å²) in [6.45, 7) is 10.7. The van der Waals surface area contributed by atoms with Gasteiger partial charge in [0.15, 0.2) is 5.78 Å². The second-order valence-corrected chi connectivity index (χ2v) is 8.65. The lowest BCUT2D eigenvalue weighted by molar-refractivity contribution is 0.0937. The van der Waals surface area contributed by atoms with Crippen molar-refractivity contribution >= 4 is 5.78 Å². The number of phenols is 1. The van der Waals surface area contributed by atoms with Crippen molar-refractivity contribution in [2.24, 2.45) is 11.3 Å². The van der Waals surface area contributed by atoms with Gasteiger partial charge in [-0.15, -0.1) is 0 Å². The van der Waals surface area contributed by atoms with Gasteiger partial charge in [-0.1, -0.05) is 33.8 Å². The van der Waals surface area contributed by atoms with Gasteiger partial charge in [0.1, 0.15) is 23.0 Å². The fourth-order valence-corrected chi connectivity index (χ4v) is 2.85. The van der Waals surface area contributed by atoms with E-state index in [0.29, 0.717) is 36.5 Å². The molecule has 0 heterocycles. The molecule has 2 rings (SSSR count). The van der Waals surface area contributed by atoms with E-state index in [2.05, 4.69) is 0 Å². The van der Waals surface area contributed by atoms with Crippen LogP contribution < -0.4 is 14.2 Å². The topological polar surface area (TPSA) is 65.0 Å².